The summed E-state index contributed by atoms with van der Waals surface area (Å²) in [5.41, 5.74) is 0. The van der Waals surface area contributed by atoms with Crippen molar-refractivity contribution in [3.05, 3.63) is 12.2 Å². The summed E-state index contributed by atoms with van der Waals surface area (Å²) >= 11 is 0. The van der Waals surface area contributed by atoms with Gasteiger partial charge < -0.3 is 5.32 Å². The number of hydrogen-bond acceptors (Lipinski definition) is 3. The van der Waals surface area contributed by atoms with Crippen LogP contribution in [-0.4, -0.2) is 27.9 Å². The number of likely N-dealkylation sites (N-methyl/N-ethyl adjacent to an activating group) is 1. The highest BCUT2D eigenvalue weighted by molar-refractivity contribution is 4.93. The minimum atomic E-state index is 0.546. The van der Waals surface area contributed by atoms with Crippen LogP contribution in [0, 0.1) is 11.8 Å². The third-order valence-electron chi connectivity index (χ3n) is 4.87. The summed E-state index contributed by atoms with van der Waals surface area (Å²) in [5.74, 6) is 2.87. The molecule has 1 aliphatic rings. The van der Waals surface area contributed by atoms with Gasteiger partial charge in [-0.25, -0.2) is 4.98 Å². The van der Waals surface area contributed by atoms with Gasteiger partial charge in [-0.15, -0.1) is 0 Å². The van der Waals surface area contributed by atoms with E-state index in [4.69, 9.17) is 0 Å². The van der Waals surface area contributed by atoms with Gasteiger partial charge in [0.25, 0.3) is 0 Å². The lowest BCUT2D eigenvalue weighted by molar-refractivity contribution is 0.210. The van der Waals surface area contributed by atoms with Crippen LogP contribution in [0.2, 0.25) is 0 Å². The summed E-state index contributed by atoms with van der Waals surface area (Å²) in [6, 6.07) is 0.546. The van der Waals surface area contributed by atoms with E-state index in [2.05, 4.69) is 41.0 Å². The second kappa shape index (κ2) is 7.77. The first-order valence-corrected chi connectivity index (χ1v) is 8.32. The number of aromatic nitrogens is 3. The molecular weight excluding hydrogens is 248 g/mol. The minimum absolute atomic E-state index is 0.546. The van der Waals surface area contributed by atoms with Crippen molar-refractivity contribution < 1.29 is 0 Å². The number of nitrogens with one attached hydrogen (secondary N) is 1. The van der Waals surface area contributed by atoms with Gasteiger partial charge in [0.05, 0.1) is 0 Å². The third-order valence-corrected chi connectivity index (χ3v) is 4.87. The Morgan fingerprint density at radius 3 is 2.95 bits per heavy atom. The zero-order chi connectivity index (χ0) is 14.4. The molecule has 1 heterocycles. The SMILES string of the molecule is CCCn1ncnc1CC(NC)C1CCCC(CC)C1. The lowest BCUT2D eigenvalue weighted by Crippen LogP contribution is -2.39. The summed E-state index contributed by atoms with van der Waals surface area (Å²) in [7, 11) is 2.10. The Morgan fingerprint density at radius 2 is 2.25 bits per heavy atom. The smallest absolute Gasteiger partial charge is 0.138 e. The highest BCUT2D eigenvalue weighted by Crippen LogP contribution is 2.33. The van der Waals surface area contributed by atoms with E-state index in [1.165, 1.54) is 32.1 Å². The van der Waals surface area contributed by atoms with Crippen LogP contribution in [0.4, 0.5) is 0 Å². The Bertz CT molecular complexity index is 388. The molecule has 3 atom stereocenters. The molecule has 1 N–H and O–H groups in total. The van der Waals surface area contributed by atoms with Crippen LogP contribution in [0.5, 0.6) is 0 Å². The van der Waals surface area contributed by atoms with Gasteiger partial charge in [-0.05, 0) is 38.1 Å². The molecule has 0 radical (unpaired) electrons. The zero-order valence-corrected chi connectivity index (χ0v) is 13.3. The van der Waals surface area contributed by atoms with Gasteiger partial charge in [0.2, 0.25) is 0 Å². The highest BCUT2D eigenvalue weighted by Gasteiger charge is 2.28. The molecule has 0 aromatic carbocycles. The monoisotopic (exact) mass is 278 g/mol. The average Bonchev–Trinajstić information content (AvgIpc) is 2.92. The number of rotatable bonds is 7. The standard InChI is InChI=1S/C16H30N4/c1-4-9-20-16(18-12-19-20)11-15(17-3)14-8-6-7-13(5-2)10-14/h12-15,17H,4-11H2,1-3H3. The van der Waals surface area contributed by atoms with Crippen molar-refractivity contribution in [2.24, 2.45) is 11.8 Å². The first-order valence-electron chi connectivity index (χ1n) is 8.32. The molecule has 1 aliphatic carbocycles. The van der Waals surface area contributed by atoms with Crippen LogP contribution >= 0.6 is 0 Å². The Kier molecular flexibility index (Phi) is 6.02. The molecule has 1 aromatic heterocycles. The molecular formula is C16H30N4. The van der Waals surface area contributed by atoms with Crippen molar-refractivity contribution in [1.29, 1.82) is 0 Å². The van der Waals surface area contributed by atoms with Crippen molar-refractivity contribution in [2.75, 3.05) is 7.05 Å². The molecule has 2 rings (SSSR count). The van der Waals surface area contributed by atoms with Crippen LogP contribution in [0.1, 0.15) is 58.2 Å². The van der Waals surface area contributed by atoms with E-state index in [1.54, 1.807) is 6.33 Å². The summed E-state index contributed by atoms with van der Waals surface area (Å²) in [6.07, 6.45) is 10.7. The lowest BCUT2D eigenvalue weighted by Gasteiger charge is -2.34. The number of aryl methyl sites for hydroxylation is 1. The maximum absolute atomic E-state index is 4.47. The molecule has 0 aliphatic heterocycles. The van der Waals surface area contributed by atoms with Crippen molar-refractivity contribution in [1.82, 2.24) is 20.1 Å². The largest absolute Gasteiger partial charge is 0.316 e. The van der Waals surface area contributed by atoms with Crippen LogP contribution in [0.25, 0.3) is 0 Å². The van der Waals surface area contributed by atoms with Crippen LogP contribution in [0.3, 0.4) is 0 Å². The summed E-state index contributed by atoms with van der Waals surface area (Å²) in [6.45, 7) is 5.50. The fraction of sp³-hybridized carbons (Fsp3) is 0.875. The minimum Gasteiger partial charge on any atom is -0.316 e. The zero-order valence-electron chi connectivity index (χ0n) is 13.3. The molecule has 1 aromatic rings. The molecule has 0 bridgehead atoms. The molecule has 0 spiro atoms. The predicted octanol–water partition coefficient (Wildman–Crippen LogP) is 3.04. The topological polar surface area (TPSA) is 42.7 Å². The maximum atomic E-state index is 4.47. The molecule has 1 saturated carbocycles. The van der Waals surface area contributed by atoms with Crippen molar-refractivity contribution in [3.8, 4) is 0 Å². The van der Waals surface area contributed by atoms with Gasteiger partial charge in [0.15, 0.2) is 0 Å². The number of hydrogen-bond donors (Lipinski definition) is 1. The second-order valence-corrected chi connectivity index (χ2v) is 6.20. The molecule has 0 saturated heterocycles. The van der Waals surface area contributed by atoms with Crippen molar-refractivity contribution >= 4 is 0 Å². The molecule has 20 heavy (non-hydrogen) atoms. The van der Waals surface area contributed by atoms with E-state index in [1.807, 2.05) is 0 Å². The lowest BCUT2D eigenvalue weighted by atomic mass is 9.76. The quantitative estimate of drug-likeness (QED) is 0.833. The molecule has 4 heteroatoms. The molecule has 1 fully saturated rings. The molecule has 4 nitrogen and oxygen atoms in total. The van der Waals surface area contributed by atoms with Crippen LogP contribution in [0.15, 0.2) is 6.33 Å². The number of nitrogens with zero attached hydrogens (tertiary/aromatic N) is 3. The maximum Gasteiger partial charge on any atom is 0.138 e. The first-order chi connectivity index (χ1) is 9.78. The average molecular weight is 278 g/mol. The summed E-state index contributed by atoms with van der Waals surface area (Å²) < 4.78 is 2.07. The van der Waals surface area contributed by atoms with Crippen LogP contribution in [-0.2, 0) is 13.0 Å². The second-order valence-electron chi connectivity index (χ2n) is 6.20. The normalized spacial score (nSPS) is 24.8. The third kappa shape index (κ3) is 3.81. The van der Waals surface area contributed by atoms with Gasteiger partial charge in [-0.2, -0.15) is 5.10 Å². The van der Waals surface area contributed by atoms with Crippen molar-refractivity contribution in [3.63, 3.8) is 0 Å². The Hall–Kier alpha value is -0.900. The highest BCUT2D eigenvalue weighted by atomic mass is 15.3. The van der Waals surface area contributed by atoms with Gasteiger partial charge in [-0.3, -0.25) is 4.68 Å². The molecule has 114 valence electrons. The molecule has 3 unspecified atom stereocenters. The summed E-state index contributed by atoms with van der Waals surface area (Å²) in [5, 5.41) is 7.89. The van der Waals surface area contributed by atoms with Gasteiger partial charge in [-0.1, -0.05) is 33.1 Å². The van der Waals surface area contributed by atoms with E-state index in [9.17, 15) is 0 Å². The van der Waals surface area contributed by atoms with E-state index < -0.39 is 0 Å². The summed E-state index contributed by atoms with van der Waals surface area (Å²) in [4.78, 5) is 4.47. The van der Waals surface area contributed by atoms with E-state index in [0.717, 1.165) is 37.0 Å². The Balaban J connectivity index is 1.99. The van der Waals surface area contributed by atoms with Gasteiger partial charge >= 0.3 is 0 Å². The van der Waals surface area contributed by atoms with E-state index in [0.29, 0.717) is 6.04 Å². The van der Waals surface area contributed by atoms with E-state index in [-0.39, 0.29) is 0 Å². The van der Waals surface area contributed by atoms with E-state index >= 15 is 0 Å². The fourth-order valence-electron chi connectivity index (χ4n) is 3.61. The Morgan fingerprint density at radius 1 is 1.40 bits per heavy atom. The molecule has 0 amide bonds. The first kappa shape index (κ1) is 15.5. The van der Waals surface area contributed by atoms with Gasteiger partial charge in [0, 0.05) is 19.0 Å². The van der Waals surface area contributed by atoms with Crippen LogP contribution < -0.4 is 5.32 Å². The predicted molar refractivity (Wildman–Crippen MR) is 82.6 cm³/mol. The van der Waals surface area contributed by atoms with Gasteiger partial charge in [0.1, 0.15) is 12.2 Å². The van der Waals surface area contributed by atoms with Crippen molar-refractivity contribution in [2.45, 2.75) is 71.4 Å². The Labute approximate surface area is 123 Å². The fourth-order valence-corrected chi connectivity index (χ4v) is 3.61.